The molecule has 7 atom stereocenters. The number of amides is 1. The third-order valence-corrected chi connectivity index (χ3v) is 5.97. The SMILES string of the molecule is CC(C=C[C@H]1OC(C)(C)C[C@@]2(CO2)[C@@H]1O)=CC[C@H]1OC[C@@H](NC(=O)C=C[C@@H](C)O)[C@@H](C)O1. The molecule has 0 aromatic rings. The molecule has 8 nitrogen and oxygen atoms in total. The molecule has 32 heavy (non-hydrogen) atoms. The lowest BCUT2D eigenvalue weighted by molar-refractivity contribution is -0.217. The molecule has 0 aromatic carbocycles. The lowest BCUT2D eigenvalue weighted by Crippen LogP contribution is -2.53. The number of rotatable bonds is 7. The minimum atomic E-state index is -0.673. The van der Waals surface area contributed by atoms with Gasteiger partial charge in [0.1, 0.15) is 17.8 Å². The number of aliphatic hydroxyl groups is 2. The van der Waals surface area contributed by atoms with Gasteiger partial charge in [0.05, 0.1) is 37.1 Å². The lowest BCUT2D eigenvalue weighted by atomic mass is 9.83. The quantitative estimate of drug-likeness (QED) is 0.307. The van der Waals surface area contributed by atoms with Crippen LogP contribution in [0.2, 0.25) is 0 Å². The van der Waals surface area contributed by atoms with Crippen molar-refractivity contribution in [3.05, 3.63) is 36.0 Å². The predicted molar refractivity (Wildman–Crippen MR) is 119 cm³/mol. The van der Waals surface area contributed by atoms with Gasteiger partial charge in [-0.2, -0.15) is 0 Å². The third-order valence-electron chi connectivity index (χ3n) is 5.97. The molecule has 3 fully saturated rings. The van der Waals surface area contributed by atoms with Crippen molar-refractivity contribution in [1.29, 1.82) is 0 Å². The summed E-state index contributed by atoms with van der Waals surface area (Å²) in [7, 11) is 0. The van der Waals surface area contributed by atoms with Crippen molar-refractivity contribution in [1.82, 2.24) is 5.32 Å². The van der Waals surface area contributed by atoms with Crippen LogP contribution in [0.15, 0.2) is 36.0 Å². The van der Waals surface area contributed by atoms with Gasteiger partial charge in [0.15, 0.2) is 6.29 Å². The Kier molecular flexibility index (Phi) is 7.96. The zero-order valence-electron chi connectivity index (χ0n) is 19.6. The molecule has 3 rings (SSSR count). The number of hydrogen-bond acceptors (Lipinski definition) is 7. The van der Waals surface area contributed by atoms with Crippen molar-refractivity contribution in [3.8, 4) is 0 Å². The van der Waals surface area contributed by atoms with Crippen LogP contribution in [0.25, 0.3) is 0 Å². The van der Waals surface area contributed by atoms with Gasteiger partial charge in [-0.05, 0) is 34.6 Å². The summed E-state index contributed by atoms with van der Waals surface area (Å²) in [5, 5.41) is 22.7. The Bertz CT molecular complexity index is 753. The summed E-state index contributed by atoms with van der Waals surface area (Å²) in [6.45, 7) is 10.4. The Hall–Kier alpha value is -1.55. The fourth-order valence-electron chi connectivity index (χ4n) is 4.17. The molecular weight excluding hydrogens is 414 g/mol. The maximum absolute atomic E-state index is 11.9. The lowest BCUT2D eigenvalue weighted by Gasteiger charge is -2.41. The van der Waals surface area contributed by atoms with Crippen LogP contribution in [0.3, 0.4) is 0 Å². The number of hydrogen-bond donors (Lipinski definition) is 3. The number of epoxide rings is 1. The van der Waals surface area contributed by atoms with E-state index in [4.69, 9.17) is 18.9 Å². The summed E-state index contributed by atoms with van der Waals surface area (Å²) in [5.74, 6) is -0.289. The van der Waals surface area contributed by atoms with Gasteiger partial charge in [0, 0.05) is 18.9 Å². The van der Waals surface area contributed by atoms with Crippen LogP contribution in [0.1, 0.15) is 47.5 Å². The Morgan fingerprint density at radius 2 is 2.03 bits per heavy atom. The molecule has 3 N–H and O–H groups in total. The highest BCUT2D eigenvalue weighted by molar-refractivity contribution is 5.87. The Labute approximate surface area is 190 Å². The molecule has 180 valence electrons. The molecule has 3 aliphatic rings. The van der Waals surface area contributed by atoms with Crippen molar-refractivity contribution in [2.24, 2.45) is 0 Å². The minimum Gasteiger partial charge on any atom is -0.389 e. The van der Waals surface area contributed by atoms with Crippen molar-refractivity contribution in [2.45, 2.75) is 95.4 Å². The molecule has 0 aromatic heterocycles. The van der Waals surface area contributed by atoms with E-state index in [1.165, 1.54) is 12.2 Å². The van der Waals surface area contributed by atoms with E-state index in [-0.39, 0.29) is 23.7 Å². The fourth-order valence-corrected chi connectivity index (χ4v) is 4.17. The van der Waals surface area contributed by atoms with Gasteiger partial charge >= 0.3 is 0 Å². The number of allylic oxidation sites excluding steroid dienone is 2. The topological polar surface area (TPSA) is 110 Å². The first-order chi connectivity index (χ1) is 15.0. The molecule has 0 aliphatic carbocycles. The van der Waals surface area contributed by atoms with Crippen LogP contribution < -0.4 is 5.32 Å². The molecule has 3 heterocycles. The summed E-state index contributed by atoms with van der Waals surface area (Å²) < 4.78 is 23.3. The van der Waals surface area contributed by atoms with Gasteiger partial charge in [-0.15, -0.1) is 0 Å². The van der Waals surface area contributed by atoms with E-state index in [2.05, 4.69) is 5.32 Å². The summed E-state index contributed by atoms with van der Waals surface area (Å²) in [6, 6.07) is -0.257. The second-order valence-electron chi connectivity index (χ2n) is 9.68. The van der Waals surface area contributed by atoms with Gasteiger partial charge in [-0.3, -0.25) is 4.79 Å². The molecule has 1 spiro atoms. The number of ether oxygens (including phenoxy) is 4. The Morgan fingerprint density at radius 3 is 2.66 bits per heavy atom. The summed E-state index contributed by atoms with van der Waals surface area (Å²) >= 11 is 0. The number of carbonyl (C=O) groups excluding carboxylic acids is 1. The predicted octanol–water partition coefficient (Wildman–Crippen LogP) is 1.76. The number of nitrogens with one attached hydrogen (secondary N) is 1. The number of aliphatic hydroxyl groups excluding tert-OH is 2. The molecule has 0 saturated carbocycles. The molecule has 0 radical (unpaired) electrons. The highest BCUT2D eigenvalue weighted by Crippen LogP contribution is 2.46. The molecule has 1 amide bonds. The maximum atomic E-state index is 11.9. The summed E-state index contributed by atoms with van der Waals surface area (Å²) in [4.78, 5) is 11.9. The largest absolute Gasteiger partial charge is 0.389 e. The monoisotopic (exact) mass is 451 g/mol. The van der Waals surface area contributed by atoms with Gasteiger partial charge in [-0.25, -0.2) is 0 Å². The highest BCUT2D eigenvalue weighted by Gasteiger charge is 2.60. The average molecular weight is 452 g/mol. The second kappa shape index (κ2) is 10.2. The zero-order chi connectivity index (χ0) is 23.5. The molecule has 8 heteroatoms. The molecule has 0 bridgehead atoms. The van der Waals surface area contributed by atoms with E-state index in [9.17, 15) is 15.0 Å². The van der Waals surface area contributed by atoms with Crippen molar-refractivity contribution in [3.63, 3.8) is 0 Å². The van der Waals surface area contributed by atoms with E-state index in [0.717, 1.165) is 5.57 Å². The van der Waals surface area contributed by atoms with Gasteiger partial charge in [-0.1, -0.05) is 29.9 Å². The Balaban J connectivity index is 1.47. The summed E-state index contributed by atoms with van der Waals surface area (Å²) in [5.41, 5.74) is 0.195. The number of carbonyl (C=O) groups is 1. The van der Waals surface area contributed by atoms with E-state index in [1.807, 2.05) is 45.9 Å². The maximum Gasteiger partial charge on any atom is 0.244 e. The fraction of sp³-hybridized carbons (Fsp3) is 0.708. The Morgan fingerprint density at radius 1 is 1.31 bits per heavy atom. The van der Waals surface area contributed by atoms with Crippen LogP contribution in [0.5, 0.6) is 0 Å². The van der Waals surface area contributed by atoms with E-state index in [0.29, 0.717) is 26.1 Å². The van der Waals surface area contributed by atoms with Gasteiger partial charge < -0.3 is 34.5 Å². The summed E-state index contributed by atoms with van der Waals surface area (Å²) in [6.07, 6.45) is 7.47. The van der Waals surface area contributed by atoms with Crippen molar-refractivity contribution >= 4 is 5.91 Å². The van der Waals surface area contributed by atoms with Crippen LogP contribution in [0.4, 0.5) is 0 Å². The van der Waals surface area contributed by atoms with E-state index in [1.54, 1.807) is 6.92 Å². The first kappa shape index (κ1) is 25.1. The normalized spacial score (nSPS) is 38.3. The second-order valence-corrected chi connectivity index (χ2v) is 9.68. The first-order valence-corrected chi connectivity index (χ1v) is 11.3. The average Bonchev–Trinajstić information content (AvgIpc) is 3.47. The molecule has 3 saturated heterocycles. The van der Waals surface area contributed by atoms with Crippen molar-refractivity contribution < 1.29 is 34.0 Å². The van der Waals surface area contributed by atoms with Crippen LogP contribution in [-0.4, -0.2) is 77.3 Å². The molecule has 3 aliphatic heterocycles. The van der Waals surface area contributed by atoms with E-state index < -0.39 is 30.2 Å². The highest BCUT2D eigenvalue weighted by atomic mass is 16.7. The smallest absolute Gasteiger partial charge is 0.244 e. The molecule has 0 unspecified atom stereocenters. The first-order valence-electron chi connectivity index (χ1n) is 11.3. The standard InChI is InChI=1S/C24H37NO7/c1-15(6-9-19-22(28)24(14-30-24)13-23(4,5)32-19)7-11-21-29-12-18(17(3)31-21)25-20(27)10-8-16(2)26/h6-10,16-19,21-22,26,28H,11-14H2,1-5H3,(H,25,27)/t16-,17-,18-,19-,21+,22-,24-/m1/s1. The van der Waals surface area contributed by atoms with Crippen LogP contribution in [0, 0.1) is 0 Å². The molecular formula is C24H37NO7. The third kappa shape index (κ3) is 6.73. The van der Waals surface area contributed by atoms with Crippen LogP contribution >= 0.6 is 0 Å². The van der Waals surface area contributed by atoms with Crippen LogP contribution in [-0.2, 0) is 23.7 Å². The van der Waals surface area contributed by atoms with Gasteiger partial charge in [0.2, 0.25) is 5.91 Å². The zero-order valence-corrected chi connectivity index (χ0v) is 19.6. The van der Waals surface area contributed by atoms with Crippen molar-refractivity contribution in [2.75, 3.05) is 13.2 Å². The minimum absolute atomic E-state index is 0.204. The van der Waals surface area contributed by atoms with Gasteiger partial charge in [0.25, 0.3) is 0 Å². The van der Waals surface area contributed by atoms with E-state index >= 15 is 0 Å².